The number of rotatable bonds is 16. The molecular formula is C26H38O5. The second kappa shape index (κ2) is 14.6. The van der Waals surface area contributed by atoms with E-state index in [9.17, 15) is 4.79 Å². The maximum Gasteiger partial charge on any atom is 0.383 e. The summed E-state index contributed by atoms with van der Waals surface area (Å²) in [5.74, 6) is 1.12. The second-order valence-electron chi connectivity index (χ2n) is 7.72. The molecule has 1 aromatic carbocycles. The van der Waals surface area contributed by atoms with Crippen LogP contribution in [0.15, 0.2) is 39.6 Å². The largest absolute Gasteiger partial charge is 0.493 e. The lowest BCUT2D eigenvalue weighted by Crippen LogP contribution is -2.10. The number of ether oxygens (including phenoxy) is 3. The molecule has 31 heavy (non-hydrogen) atoms. The lowest BCUT2D eigenvalue weighted by atomic mass is 10.1. The highest BCUT2D eigenvalue weighted by molar-refractivity contribution is 5.91. The van der Waals surface area contributed by atoms with Gasteiger partial charge in [-0.3, -0.25) is 0 Å². The van der Waals surface area contributed by atoms with Crippen molar-refractivity contribution in [3.63, 3.8) is 0 Å². The smallest absolute Gasteiger partial charge is 0.383 e. The van der Waals surface area contributed by atoms with Gasteiger partial charge in [0.05, 0.1) is 20.3 Å². The average Bonchev–Trinajstić information content (AvgIpc) is 2.78. The minimum atomic E-state index is -0.538. The average molecular weight is 431 g/mol. The van der Waals surface area contributed by atoms with Crippen LogP contribution in [0.5, 0.6) is 17.2 Å². The molecule has 0 saturated carbocycles. The number of allylic oxidation sites excluding steroid dienone is 1. The van der Waals surface area contributed by atoms with E-state index in [0.29, 0.717) is 42.1 Å². The van der Waals surface area contributed by atoms with Gasteiger partial charge in [0.25, 0.3) is 0 Å². The van der Waals surface area contributed by atoms with Crippen LogP contribution in [-0.4, -0.2) is 20.3 Å². The highest BCUT2D eigenvalue weighted by atomic mass is 16.5. The van der Waals surface area contributed by atoms with Crippen LogP contribution >= 0.6 is 0 Å². The van der Waals surface area contributed by atoms with Crippen LogP contribution < -0.4 is 19.8 Å². The van der Waals surface area contributed by atoms with E-state index < -0.39 is 5.63 Å². The molecule has 0 spiro atoms. The first-order chi connectivity index (χ1) is 15.2. The molecule has 5 heteroatoms. The summed E-state index contributed by atoms with van der Waals surface area (Å²) < 4.78 is 22.8. The molecule has 1 heterocycles. The molecule has 0 N–H and O–H groups in total. The Morgan fingerprint density at radius 3 is 2.32 bits per heavy atom. The van der Waals surface area contributed by atoms with Crippen LogP contribution in [0.1, 0.15) is 78.1 Å². The van der Waals surface area contributed by atoms with E-state index in [0.717, 1.165) is 19.3 Å². The monoisotopic (exact) mass is 430 g/mol. The predicted octanol–water partition coefficient (Wildman–Crippen LogP) is 7.06. The summed E-state index contributed by atoms with van der Waals surface area (Å²) in [6, 6.07) is 5.45. The van der Waals surface area contributed by atoms with Gasteiger partial charge in [0, 0.05) is 0 Å². The first kappa shape index (κ1) is 24.8. The first-order valence-corrected chi connectivity index (χ1v) is 11.8. The zero-order chi connectivity index (χ0) is 22.3. The third-order valence-electron chi connectivity index (χ3n) is 5.20. The van der Waals surface area contributed by atoms with Crippen LogP contribution in [0.3, 0.4) is 0 Å². The summed E-state index contributed by atoms with van der Waals surface area (Å²) in [6.07, 6.45) is 15.8. The van der Waals surface area contributed by atoms with E-state index in [4.69, 9.17) is 18.6 Å². The molecule has 0 amide bonds. The van der Waals surface area contributed by atoms with Gasteiger partial charge in [-0.05, 0) is 31.4 Å². The fourth-order valence-electron chi connectivity index (χ4n) is 3.54. The van der Waals surface area contributed by atoms with Crippen molar-refractivity contribution in [3.8, 4) is 17.2 Å². The number of hydrogen-bond acceptors (Lipinski definition) is 5. The van der Waals surface area contributed by atoms with Gasteiger partial charge in [-0.2, -0.15) is 0 Å². The molecule has 0 unspecified atom stereocenters. The van der Waals surface area contributed by atoms with E-state index in [1.54, 1.807) is 6.07 Å². The van der Waals surface area contributed by atoms with Crippen LogP contribution in [0, 0.1) is 0 Å². The Bertz CT molecular complexity index is 853. The normalized spacial score (nSPS) is 11.3. The van der Waals surface area contributed by atoms with Gasteiger partial charge in [0.1, 0.15) is 16.7 Å². The highest BCUT2D eigenvalue weighted by Crippen LogP contribution is 2.38. The van der Waals surface area contributed by atoms with Gasteiger partial charge in [-0.1, -0.05) is 77.0 Å². The minimum Gasteiger partial charge on any atom is -0.493 e. The Morgan fingerprint density at radius 1 is 0.871 bits per heavy atom. The Hall–Kier alpha value is -2.43. The number of fused-ring (bicyclic) bond motifs is 1. The molecule has 0 aliphatic rings. The topological polar surface area (TPSA) is 57.9 Å². The Balaban J connectivity index is 2.01. The third-order valence-corrected chi connectivity index (χ3v) is 5.20. The molecular weight excluding hydrogens is 392 g/mol. The van der Waals surface area contributed by atoms with Gasteiger partial charge in [0.2, 0.25) is 5.75 Å². The fourth-order valence-corrected chi connectivity index (χ4v) is 3.54. The van der Waals surface area contributed by atoms with Crippen molar-refractivity contribution in [2.24, 2.45) is 0 Å². The SMILES string of the molecule is CCC=CCCOc1c(OC)c2c(OCCCCCCCCCC)cccc2oc1=O. The van der Waals surface area contributed by atoms with Crippen molar-refractivity contribution in [3.05, 3.63) is 40.8 Å². The lowest BCUT2D eigenvalue weighted by Gasteiger charge is -2.14. The van der Waals surface area contributed by atoms with Crippen molar-refractivity contribution < 1.29 is 18.6 Å². The van der Waals surface area contributed by atoms with E-state index in [1.807, 2.05) is 18.2 Å². The Labute approximate surface area is 186 Å². The molecule has 0 radical (unpaired) electrons. The molecule has 0 atom stereocenters. The molecule has 0 saturated heterocycles. The van der Waals surface area contributed by atoms with E-state index >= 15 is 0 Å². The van der Waals surface area contributed by atoms with Crippen LogP contribution in [0.2, 0.25) is 0 Å². The highest BCUT2D eigenvalue weighted by Gasteiger charge is 2.20. The molecule has 172 valence electrons. The van der Waals surface area contributed by atoms with Crippen molar-refractivity contribution in [1.82, 2.24) is 0 Å². The number of methoxy groups -OCH3 is 1. The summed E-state index contributed by atoms with van der Waals surface area (Å²) in [4.78, 5) is 12.4. The Morgan fingerprint density at radius 2 is 1.61 bits per heavy atom. The zero-order valence-electron chi connectivity index (χ0n) is 19.4. The van der Waals surface area contributed by atoms with Gasteiger partial charge < -0.3 is 18.6 Å². The van der Waals surface area contributed by atoms with E-state index in [-0.39, 0.29) is 5.75 Å². The summed E-state index contributed by atoms with van der Waals surface area (Å²) in [6.45, 7) is 5.32. The minimum absolute atomic E-state index is 0.100. The van der Waals surface area contributed by atoms with Crippen molar-refractivity contribution >= 4 is 11.0 Å². The quantitative estimate of drug-likeness (QED) is 0.162. The third kappa shape index (κ3) is 7.97. The molecule has 0 fully saturated rings. The maximum atomic E-state index is 12.4. The molecule has 0 bridgehead atoms. The van der Waals surface area contributed by atoms with Crippen molar-refractivity contribution in [2.45, 2.75) is 78.1 Å². The summed E-state index contributed by atoms with van der Waals surface area (Å²) in [5.41, 5.74) is -0.0995. The van der Waals surface area contributed by atoms with Crippen LogP contribution in [0.4, 0.5) is 0 Å². The maximum absolute atomic E-state index is 12.4. The molecule has 0 aliphatic heterocycles. The molecule has 2 aromatic rings. The molecule has 2 rings (SSSR count). The molecule has 5 nitrogen and oxygen atoms in total. The van der Waals surface area contributed by atoms with Crippen LogP contribution in [-0.2, 0) is 0 Å². The predicted molar refractivity (Wildman–Crippen MR) is 127 cm³/mol. The number of benzene rings is 1. The van der Waals surface area contributed by atoms with Gasteiger partial charge in [0.15, 0.2) is 5.75 Å². The number of unbranched alkanes of at least 4 members (excludes halogenated alkanes) is 7. The lowest BCUT2D eigenvalue weighted by molar-refractivity contribution is 0.282. The van der Waals surface area contributed by atoms with Gasteiger partial charge in [-0.15, -0.1) is 0 Å². The van der Waals surface area contributed by atoms with Crippen LogP contribution in [0.25, 0.3) is 11.0 Å². The first-order valence-electron chi connectivity index (χ1n) is 11.8. The van der Waals surface area contributed by atoms with Gasteiger partial charge in [-0.25, -0.2) is 4.79 Å². The van der Waals surface area contributed by atoms with Crippen molar-refractivity contribution in [1.29, 1.82) is 0 Å². The summed E-state index contributed by atoms with van der Waals surface area (Å²) >= 11 is 0. The summed E-state index contributed by atoms with van der Waals surface area (Å²) in [5, 5.41) is 0.642. The zero-order valence-corrected chi connectivity index (χ0v) is 19.4. The molecule has 0 aliphatic carbocycles. The summed E-state index contributed by atoms with van der Waals surface area (Å²) in [7, 11) is 1.54. The van der Waals surface area contributed by atoms with Gasteiger partial charge >= 0.3 is 5.63 Å². The van der Waals surface area contributed by atoms with Crippen molar-refractivity contribution in [2.75, 3.05) is 20.3 Å². The fraction of sp³-hybridized carbons (Fsp3) is 0.577. The standard InChI is InChI=1S/C26H38O5/c1-4-6-8-10-11-12-13-15-19-29-21-17-16-18-22-23(21)24(28-3)25(26(27)31-22)30-20-14-9-7-5-2/h7,9,16-18H,4-6,8,10-15,19-20H2,1-3H3. The molecule has 1 aromatic heterocycles. The number of hydrogen-bond donors (Lipinski definition) is 0. The van der Waals surface area contributed by atoms with E-state index in [2.05, 4.69) is 19.9 Å². The Kier molecular flexibility index (Phi) is 11.7. The van der Waals surface area contributed by atoms with E-state index in [1.165, 1.54) is 45.6 Å². The second-order valence-corrected chi connectivity index (χ2v) is 7.72.